The van der Waals surface area contributed by atoms with Crippen molar-refractivity contribution in [1.82, 2.24) is 72.3 Å². The highest BCUT2D eigenvalue weighted by Gasteiger charge is 2.35. The second kappa shape index (κ2) is 32.7. The number of esters is 5. The van der Waals surface area contributed by atoms with Crippen molar-refractivity contribution in [2.45, 2.75) is 67.3 Å². The number of aromatic nitrogens is 10. The number of imidazole rings is 5. The molecule has 110 heavy (non-hydrogen) atoms. The van der Waals surface area contributed by atoms with Gasteiger partial charge in [-0.1, -0.05) is 0 Å². The van der Waals surface area contributed by atoms with E-state index >= 15 is 0 Å². The van der Waals surface area contributed by atoms with Crippen molar-refractivity contribution in [3.05, 3.63) is 236 Å². The second-order valence-corrected chi connectivity index (χ2v) is 24.8. The number of rotatable bonds is 10. The van der Waals surface area contributed by atoms with E-state index in [1.54, 1.807) is 92.7 Å². The molecule has 35 heteroatoms. The molecule has 5 amide bonds. The number of ether oxygens (including phenoxy) is 5. The monoisotopic (exact) mass is 1520 g/mol. The summed E-state index contributed by atoms with van der Waals surface area (Å²) in [7, 11) is 7.96. The van der Waals surface area contributed by atoms with Gasteiger partial charge in [-0.05, 0) is 126 Å². The quantitative estimate of drug-likeness (QED) is 0.0700. The Morgan fingerprint density at radius 3 is 0.591 bits per heavy atom. The SMILES string of the molecule is CCOC(=O)c1ncn2c1CN(C)C(=O)c1cc(F)ccc1-2.CCOC(=O)c1ncn2c1CN(C)C(=O)c1cc(F)ccc1-2.CCOC(=O)c1ncn2c1CN(C)C(=O)c1cc(F)ccc1-2.CCOC(=O)c1ncn2c1CN(C)C(=O)c1cc(F)ccc1-2.CCOC(=O)c1ncn2c1CN(C)C(=O)c1cc(F)ccc1-2. The summed E-state index contributed by atoms with van der Waals surface area (Å²) in [4.78, 5) is 149. The van der Waals surface area contributed by atoms with E-state index in [9.17, 15) is 69.9 Å². The van der Waals surface area contributed by atoms with Crippen LogP contribution in [0.4, 0.5) is 22.0 Å². The molecule has 0 radical (unpaired) electrons. The molecule has 0 unspecified atom stereocenters. The molecule has 0 saturated carbocycles. The highest BCUT2D eigenvalue weighted by molar-refractivity contribution is 6.03. The molecule has 30 nitrogen and oxygen atoms in total. The highest BCUT2D eigenvalue weighted by Crippen LogP contribution is 2.33. The predicted molar refractivity (Wildman–Crippen MR) is 376 cm³/mol. The first-order valence-electron chi connectivity index (χ1n) is 34.1. The molecule has 10 heterocycles. The van der Waals surface area contributed by atoms with Crippen LogP contribution in [-0.2, 0) is 56.4 Å². The Hall–Kier alpha value is -13.5. The summed E-state index contributed by atoms with van der Waals surface area (Å²) >= 11 is 0. The zero-order valence-electron chi connectivity index (χ0n) is 60.8. The van der Waals surface area contributed by atoms with Gasteiger partial charge in [0.15, 0.2) is 28.5 Å². The average molecular weight is 1520 g/mol. The van der Waals surface area contributed by atoms with E-state index in [-0.39, 0.29) is 152 Å². The van der Waals surface area contributed by atoms with E-state index in [0.29, 0.717) is 56.9 Å². The first-order chi connectivity index (χ1) is 52.6. The van der Waals surface area contributed by atoms with Crippen LogP contribution < -0.4 is 0 Å². The van der Waals surface area contributed by atoms with Gasteiger partial charge in [-0.3, -0.25) is 46.8 Å². The van der Waals surface area contributed by atoms with Crippen LogP contribution in [0.5, 0.6) is 0 Å². The van der Waals surface area contributed by atoms with E-state index in [0.717, 1.165) is 0 Å². The summed E-state index contributed by atoms with van der Waals surface area (Å²) in [5.74, 6) is -6.71. The summed E-state index contributed by atoms with van der Waals surface area (Å²) in [5, 5.41) is 0. The number of fused-ring (bicyclic) bond motifs is 15. The Morgan fingerprint density at radius 1 is 0.291 bits per heavy atom. The van der Waals surface area contributed by atoms with Crippen LogP contribution in [-0.4, -0.2) is 200 Å². The van der Waals surface area contributed by atoms with Crippen LogP contribution >= 0.6 is 0 Å². The molecular formula is C75H70F5N15O15. The Balaban J connectivity index is 0.000000136. The van der Waals surface area contributed by atoms with Gasteiger partial charge in [0.25, 0.3) is 29.5 Å². The maximum absolute atomic E-state index is 13.5. The molecule has 5 aromatic carbocycles. The molecule has 5 aliphatic heterocycles. The van der Waals surface area contributed by atoms with Gasteiger partial charge in [-0.15, -0.1) is 0 Å². The molecule has 15 rings (SSSR count). The Bertz CT molecular complexity index is 4600. The lowest BCUT2D eigenvalue weighted by molar-refractivity contribution is 0.0507. The Labute approximate surface area is 623 Å². The molecule has 0 fully saturated rings. The second-order valence-electron chi connectivity index (χ2n) is 24.8. The van der Waals surface area contributed by atoms with E-state index in [1.807, 2.05) is 0 Å². The Kier molecular flexibility index (Phi) is 23.1. The first-order valence-corrected chi connectivity index (χ1v) is 34.1. The van der Waals surface area contributed by atoms with E-state index in [1.165, 1.54) is 147 Å². The third kappa shape index (κ3) is 15.4. The van der Waals surface area contributed by atoms with Crippen LogP contribution in [0.2, 0.25) is 0 Å². The van der Waals surface area contributed by atoms with Gasteiger partial charge in [0.05, 0.1) is 150 Å². The molecule has 0 aliphatic carbocycles. The maximum atomic E-state index is 13.5. The van der Waals surface area contributed by atoms with Gasteiger partial charge >= 0.3 is 29.8 Å². The molecule has 0 spiro atoms. The van der Waals surface area contributed by atoms with Crippen molar-refractivity contribution in [2.75, 3.05) is 68.3 Å². The number of halogens is 5. The van der Waals surface area contributed by atoms with Crippen LogP contribution in [0.25, 0.3) is 28.4 Å². The van der Waals surface area contributed by atoms with Crippen molar-refractivity contribution in [3.63, 3.8) is 0 Å². The number of benzene rings is 5. The zero-order valence-corrected chi connectivity index (χ0v) is 60.8. The zero-order chi connectivity index (χ0) is 79.3. The fraction of sp³-hybridized carbons (Fsp3) is 0.267. The van der Waals surface area contributed by atoms with Crippen molar-refractivity contribution in [3.8, 4) is 28.4 Å². The van der Waals surface area contributed by atoms with Crippen LogP contribution in [0.15, 0.2) is 123 Å². The van der Waals surface area contributed by atoms with Crippen LogP contribution in [0, 0.1) is 29.1 Å². The van der Waals surface area contributed by atoms with Crippen molar-refractivity contribution in [2.24, 2.45) is 0 Å². The molecule has 10 aromatic rings. The number of amides is 5. The van der Waals surface area contributed by atoms with Gasteiger partial charge in [0.2, 0.25) is 0 Å². The minimum atomic E-state index is -0.539. The fourth-order valence-corrected chi connectivity index (χ4v) is 12.5. The molecule has 0 bridgehead atoms. The summed E-state index contributed by atoms with van der Waals surface area (Å²) in [6.45, 7) is 10.7. The van der Waals surface area contributed by atoms with Crippen molar-refractivity contribution < 1.29 is 93.6 Å². The number of hydrogen-bond acceptors (Lipinski definition) is 20. The third-order valence-electron chi connectivity index (χ3n) is 17.6. The van der Waals surface area contributed by atoms with Gasteiger partial charge in [0, 0.05) is 35.2 Å². The molecule has 5 aromatic heterocycles. The average Bonchev–Trinajstić information content (AvgIpc) is 1.65. The van der Waals surface area contributed by atoms with Gasteiger partial charge in [-0.2, -0.15) is 0 Å². The van der Waals surface area contributed by atoms with Gasteiger partial charge in [-0.25, -0.2) is 70.8 Å². The number of nitrogens with zero attached hydrogens (tertiary/aromatic N) is 15. The summed E-state index contributed by atoms with van der Waals surface area (Å²) in [6.07, 6.45) is 7.25. The molecular weight excluding hydrogens is 1450 g/mol. The summed E-state index contributed by atoms with van der Waals surface area (Å²) in [5.41, 5.74) is 7.16. The lowest BCUT2D eigenvalue weighted by atomic mass is 10.1. The van der Waals surface area contributed by atoms with Crippen molar-refractivity contribution >= 4 is 59.4 Å². The number of hydrogen-bond donors (Lipinski definition) is 0. The van der Waals surface area contributed by atoms with Crippen molar-refractivity contribution in [1.29, 1.82) is 0 Å². The lowest BCUT2D eigenvalue weighted by Gasteiger charge is -2.14. The fourth-order valence-electron chi connectivity index (χ4n) is 12.5. The van der Waals surface area contributed by atoms with Crippen LogP contribution in [0.1, 0.15) is 167 Å². The molecule has 0 saturated heterocycles. The van der Waals surface area contributed by atoms with E-state index in [2.05, 4.69) is 24.9 Å². The molecule has 0 N–H and O–H groups in total. The molecule has 570 valence electrons. The number of carbonyl (C=O) groups is 10. The minimum absolute atomic E-state index is 0.165. The maximum Gasteiger partial charge on any atom is 0.358 e. The minimum Gasteiger partial charge on any atom is -0.461 e. The lowest BCUT2D eigenvalue weighted by Crippen LogP contribution is -2.26. The normalized spacial score (nSPS) is 13.4. The largest absolute Gasteiger partial charge is 0.461 e. The summed E-state index contributed by atoms with van der Waals surface area (Å²) in [6, 6.07) is 19.8. The predicted octanol–water partition coefficient (Wildman–Crippen LogP) is 8.87. The van der Waals surface area contributed by atoms with E-state index < -0.39 is 58.9 Å². The van der Waals surface area contributed by atoms with Gasteiger partial charge < -0.3 is 48.2 Å². The first kappa shape index (κ1) is 77.6. The standard InChI is InChI=1S/5C15H14FN3O3/c5*1-3-22-15(21)13-12-7-18(2)14(20)10-6-9(16)4-5-11(10)19(12)8-17-13/h5*4-6,8H,3,7H2,1-2H3. The summed E-state index contributed by atoms with van der Waals surface area (Å²) < 4.78 is 100. The Morgan fingerprint density at radius 2 is 0.445 bits per heavy atom. The molecule has 0 atom stereocenters. The smallest absolute Gasteiger partial charge is 0.358 e. The number of carbonyl (C=O) groups excluding carboxylic acids is 10. The van der Waals surface area contributed by atoms with Crippen LogP contribution in [0.3, 0.4) is 0 Å². The van der Waals surface area contributed by atoms with Gasteiger partial charge in [0.1, 0.15) is 60.7 Å². The van der Waals surface area contributed by atoms with E-state index in [4.69, 9.17) is 23.7 Å². The molecule has 5 aliphatic rings. The highest BCUT2D eigenvalue weighted by atomic mass is 19.1. The topological polar surface area (TPSA) is 322 Å². The third-order valence-corrected chi connectivity index (χ3v) is 17.6.